The SMILES string of the molecule is CB1c2cc3c(cc2-n2c4cc5ccccc5cc4c4c([Si](C)(C)C)cc(-c5cc(N(c6ccccc6)c6ccccc6)ccc5Nc5ccc6c(c5)C(C)(C)CCC6(C)C)c1c42)C(C)(C)CCC3(C)C. The van der Waals surface area contributed by atoms with Crippen molar-refractivity contribution in [2.24, 2.45) is 0 Å². The lowest BCUT2D eigenvalue weighted by molar-refractivity contribution is 0.332. The molecule has 0 saturated heterocycles. The average Bonchev–Trinajstić information content (AvgIpc) is 3.67. The van der Waals surface area contributed by atoms with Crippen molar-refractivity contribution in [3.8, 4) is 16.8 Å². The van der Waals surface area contributed by atoms with Crippen molar-refractivity contribution in [3.05, 3.63) is 174 Å². The van der Waals surface area contributed by atoms with E-state index in [1.807, 2.05) is 0 Å². The van der Waals surface area contributed by atoms with E-state index >= 15 is 0 Å². The summed E-state index contributed by atoms with van der Waals surface area (Å²) in [6.45, 7) is 29.9. The normalized spacial score (nSPS) is 17.2. The number of hydrogen-bond acceptors (Lipinski definition) is 2. The molecule has 2 aliphatic carbocycles. The van der Waals surface area contributed by atoms with E-state index in [-0.39, 0.29) is 28.4 Å². The molecule has 0 fully saturated rings. The predicted octanol–water partition coefficient (Wildman–Crippen LogP) is 16.6. The van der Waals surface area contributed by atoms with Gasteiger partial charge in [-0.15, -0.1) is 0 Å². The number of nitrogens with zero attached hydrogens (tertiary/aromatic N) is 2. The van der Waals surface area contributed by atoms with Crippen LogP contribution in [0.1, 0.15) is 103 Å². The number of fused-ring (bicyclic) bond motifs is 8. The molecule has 9 aromatic rings. The second-order valence-electron chi connectivity index (χ2n) is 25.2. The van der Waals surface area contributed by atoms with Crippen LogP contribution in [0.5, 0.6) is 0 Å². The van der Waals surface area contributed by atoms with E-state index in [0.717, 1.165) is 28.4 Å². The Balaban J connectivity index is 1.20. The van der Waals surface area contributed by atoms with Crippen LogP contribution in [0, 0.1) is 0 Å². The first-order valence-electron chi connectivity index (χ1n) is 26.4. The third kappa shape index (κ3) is 7.27. The van der Waals surface area contributed by atoms with Crippen LogP contribution < -0.4 is 26.3 Å². The molecule has 0 atom stereocenters. The summed E-state index contributed by atoms with van der Waals surface area (Å²) in [4.78, 5) is 2.43. The smallest absolute Gasteiger partial charge is 0.212 e. The molecular formula is C66H70BN3Si. The molecule has 8 aromatic carbocycles. The van der Waals surface area contributed by atoms with Crippen molar-refractivity contribution in [2.75, 3.05) is 10.2 Å². The molecule has 3 aliphatic rings. The number of nitrogens with one attached hydrogen (secondary N) is 1. The summed E-state index contributed by atoms with van der Waals surface area (Å²) in [5.41, 5.74) is 21.5. The van der Waals surface area contributed by atoms with Gasteiger partial charge in [-0.3, -0.25) is 0 Å². The number of hydrogen-bond donors (Lipinski definition) is 1. The van der Waals surface area contributed by atoms with Crippen molar-refractivity contribution in [1.82, 2.24) is 4.57 Å². The topological polar surface area (TPSA) is 20.2 Å². The zero-order valence-electron chi connectivity index (χ0n) is 44.2. The molecule has 1 aromatic heterocycles. The van der Waals surface area contributed by atoms with Crippen LogP contribution in [0.2, 0.25) is 26.5 Å². The van der Waals surface area contributed by atoms with Gasteiger partial charge in [-0.25, -0.2) is 0 Å². The third-order valence-electron chi connectivity index (χ3n) is 17.6. The Bertz CT molecular complexity index is 3590. The maximum Gasteiger partial charge on any atom is 0.212 e. The van der Waals surface area contributed by atoms with E-state index < -0.39 is 8.07 Å². The molecule has 0 spiro atoms. The number of anilines is 5. The van der Waals surface area contributed by atoms with E-state index in [1.54, 1.807) is 0 Å². The first-order valence-corrected chi connectivity index (χ1v) is 29.9. The van der Waals surface area contributed by atoms with Crippen LogP contribution in [0.3, 0.4) is 0 Å². The minimum absolute atomic E-state index is 0.0789. The molecule has 71 heavy (non-hydrogen) atoms. The first-order chi connectivity index (χ1) is 33.7. The maximum atomic E-state index is 4.15. The number of para-hydroxylation sites is 2. The van der Waals surface area contributed by atoms with Gasteiger partial charge in [0.1, 0.15) is 0 Å². The van der Waals surface area contributed by atoms with Gasteiger partial charge in [0.2, 0.25) is 6.71 Å². The Kier molecular flexibility index (Phi) is 10.2. The van der Waals surface area contributed by atoms with E-state index in [2.05, 4.69) is 248 Å². The van der Waals surface area contributed by atoms with E-state index in [4.69, 9.17) is 0 Å². The quantitative estimate of drug-likeness (QED) is 0.161. The Morgan fingerprint density at radius 3 is 1.68 bits per heavy atom. The van der Waals surface area contributed by atoms with Crippen molar-refractivity contribution >= 4 is 91.9 Å². The van der Waals surface area contributed by atoms with Gasteiger partial charge in [0.15, 0.2) is 0 Å². The zero-order chi connectivity index (χ0) is 49.6. The second kappa shape index (κ2) is 15.8. The van der Waals surface area contributed by atoms with E-state index in [0.29, 0.717) is 0 Å². The van der Waals surface area contributed by atoms with Crippen molar-refractivity contribution in [1.29, 1.82) is 0 Å². The minimum Gasteiger partial charge on any atom is -0.355 e. The Labute approximate surface area is 424 Å². The monoisotopic (exact) mass is 944 g/mol. The summed E-state index contributed by atoms with van der Waals surface area (Å²) in [5.74, 6) is 0. The number of benzene rings is 8. The molecule has 0 amide bonds. The summed E-state index contributed by atoms with van der Waals surface area (Å²) in [7, 11) is -2.05. The average molecular weight is 944 g/mol. The van der Waals surface area contributed by atoms with Gasteiger partial charge in [-0.1, -0.05) is 166 Å². The maximum absolute atomic E-state index is 4.15. The van der Waals surface area contributed by atoms with Gasteiger partial charge in [0.05, 0.1) is 13.6 Å². The molecule has 1 aliphatic heterocycles. The van der Waals surface area contributed by atoms with Gasteiger partial charge >= 0.3 is 0 Å². The third-order valence-corrected chi connectivity index (χ3v) is 19.6. The first kappa shape index (κ1) is 45.8. The zero-order valence-corrected chi connectivity index (χ0v) is 45.2. The Morgan fingerprint density at radius 2 is 1.07 bits per heavy atom. The van der Waals surface area contributed by atoms with Crippen LogP contribution >= 0.6 is 0 Å². The highest BCUT2D eigenvalue weighted by molar-refractivity contribution is 6.93. The molecule has 12 rings (SSSR count). The highest BCUT2D eigenvalue weighted by Crippen LogP contribution is 2.50. The highest BCUT2D eigenvalue weighted by atomic mass is 28.3. The van der Waals surface area contributed by atoms with Crippen LogP contribution in [-0.2, 0) is 21.7 Å². The fraction of sp³-hybridized carbons (Fsp3) is 0.303. The molecule has 5 heteroatoms. The van der Waals surface area contributed by atoms with Crippen molar-refractivity contribution < 1.29 is 0 Å². The second-order valence-corrected chi connectivity index (χ2v) is 30.3. The molecule has 0 unspecified atom stereocenters. The predicted molar refractivity (Wildman–Crippen MR) is 313 cm³/mol. The fourth-order valence-electron chi connectivity index (χ4n) is 13.2. The van der Waals surface area contributed by atoms with Crippen LogP contribution in [0.15, 0.2) is 152 Å². The van der Waals surface area contributed by atoms with Crippen LogP contribution in [-0.4, -0.2) is 19.4 Å². The molecule has 0 bridgehead atoms. The number of aromatic nitrogens is 1. The van der Waals surface area contributed by atoms with Gasteiger partial charge in [-0.05, 0) is 169 Å². The van der Waals surface area contributed by atoms with Crippen molar-refractivity contribution in [2.45, 2.75) is 129 Å². The molecular weight excluding hydrogens is 874 g/mol. The van der Waals surface area contributed by atoms with E-state index in [1.165, 1.54) is 113 Å². The molecule has 356 valence electrons. The lowest BCUT2D eigenvalue weighted by atomic mass is 9.39. The minimum atomic E-state index is -2.05. The van der Waals surface area contributed by atoms with Gasteiger partial charge < -0.3 is 14.8 Å². The molecule has 0 saturated carbocycles. The fourth-order valence-corrected chi connectivity index (χ4v) is 14.7. The Morgan fingerprint density at radius 1 is 0.521 bits per heavy atom. The molecule has 3 nitrogen and oxygen atoms in total. The van der Waals surface area contributed by atoms with Crippen molar-refractivity contribution in [3.63, 3.8) is 0 Å². The van der Waals surface area contributed by atoms with E-state index in [9.17, 15) is 0 Å². The number of rotatable bonds is 7. The lowest BCUT2D eigenvalue weighted by Crippen LogP contribution is -2.50. The summed E-state index contributed by atoms with van der Waals surface area (Å²) in [6, 6.07) is 58.2. The largest absolute Gasteiger partial charge is 0.355 e. The Hall–Kier alpha value is -6.30. The molecule has 2 heterocycles. The lowest BCUT2D eigenvalue weighted by Gasteiger charge is -2.43. The van der Waals surface area contributed by atoms with Crippen LogP contribution in [0.4, 0.5) is 28.4 Å². The summed E-state index contributed by atoms with van der Waals surface area (Å²) in [6.07, 6.45) is 4.74. The summed E-state index contributed by atoms with van der Waals surface area (Å²) in [5, 5.41) is 11.1. The molecule has 0 radical (unpaired) electrons. The van der Waals surface area contributed by atoms with Gasteiger partial charge in [0, 0.05) is 56.0 Å². The summed E-state index contributed by atoms with van der Waals surface area (Å²) < 4.78 is 2.73. The van der Waals surface area contributed by atoms with Gasteiger partial charge in [0.25, 0.3) is 0 Å². The highest BCUT2D eigenvalue weighted by Gasteiger charge is 2.42. The van der Waals surface area contributed by atoms with Gasteiger partial charge in [-0.2, -0.15) is 0 Å². The molecule has 1 N–H and O–H groups in total. The summed E-state index contributed by atoms with van der Waals surface area (Å²) >= 11 is 0. The standard InChI is InChI=1S/C66H70BN3Si/c1-63(2)31-32-64(3,4)52-37-44(27-29-51(52)63)68-56-30-28-47(69(45-23-15-13-16-24-45)46-25-17-14-18-26-46)38-48(56)49-39-59(71(10,11)12)60-50-35-42-21-19-20-22-43(42)36-57(50)70-58-41-54-53(65(5,6)33-34-66(54,7)8)40-55(58)67(9)61(49)62(60)70/h13-30,35-41,68H,31-34H2,1-12H3. The van der Waals surface area contributed by atoms with Crippen LogP contribution in [0.25, 0.3) is 49.4 Å².